The van der Waals surface area contributed by atoms with Crippen molar-refractivity contribution in [3.05, 3.63) is 0 Å². The smallest absolute Gasteiger partial charge is 0.0443 e. The molecule has 0 aliphatic carbocycles. The van der Waals surface area contributed by atoms with Crippen LogP contribution in [0.2, 0.25) is 0 Å². The molecule has 0 amide bonds. The van der Waals surface area contributed by atoms with Gasteiger partial charge in [-0.05, 0) is 6.42 Å². The third-order valence-electron chi connectivity index (χ3n) is 1.50. The standard InChI is InChI=1S/C7H20N4O/c8-2-3-10-4-6-11(9)5-1-7-12/h10,12H,1-9H2. The molecular formula is C7H20N4O. The van der Waals surface area contributed by atoms with E-state index in [1.165, 1.54) is 0 Å². The van der Waals surface area contributed by atoms with E-state index in [-0.39, 0.29) is 6.61 Å². The Kier molecular flexibility index (Phi) is 8.74. The predicted molar refractivity (Wildman–Crippen MR) is 49.4 cm³/mol. The van der Waals surface area contributed by atoms with Gasteiger partial charge in [-0.2, -0.15) is 0 Å². The van der Waals surface area contributed by atoms with Crippen molar-refractivity contribution >= 4 is 0 Å². The van der Waals surface area contributed by atoms with E-state index in [9.17, 15) is 0 Å². The number of hydrazine groups is 1. The Labute approximate surface area is 73.7 Å². The zero-order valence-corrected chi connectivity index (χ0v) is 7.50. The van der Waals surface area contributed by atoms with Crippen molar-refractivity contribution in [3.8, 4) is 0 Å². The van der Waals surface area contributed by atoms with Crippen LogP contribution in [0.5, 0.6) is 0 Å². The topological polar surface area (TPSA) is 87.5 Å². The van der Waals surface area contributed by atoms with Crippen molar-refractivity contribution in [1.29, 1.82) is 0 Å². The lowest BCUT2D eigenvalue weighted by atomic mass is 10.4. The van der Waals surface area contributed by atoms with Crippen molar-refractivity contribution in [2.45, 2.75) is 6.42 Å². The van der Waals surface area contributed by atoms with E-state index in [4.69, 9.17) is 16.7 Å². The Morgan fingerprint density at radius 1 is 1.25 bits per heavy atom. The minimum Gasteiger partial charge on any atom is -0.396 e. The fraction of sp³-hybridized carbons (Fsp3) is 1.00. The summed E-state index contributed by atoms with van der Waals surface area (Å²) in [6, 6.07) is 0. The van der Waals surface area contributed by atoms with Gasteiger partial charge in [0, 0.05) is 39.3 Å². The largest absolute Gasteiger partial charge is 0.396 e. The Balaban J connectivity index is 3.02. The highest BCUT2D eigenvalue weighted by Crippen LogP contribution is 1.80. The first-order valence-corrected chi connectivity index (χ1v) is 4.32. The Morgan fingerprint density at radius 3 is 2.58 bits per heavy atom. The van der Waals surface area contributed by atoms with E-state index < -0.39 is 0 Å². The fourth-order valence-corrected chi connectivity index (χ4v) is 0.835. The highest BCUT2D eigenvalue weighted by atomic mass is 16.3. The van der Waals surface area contributed by atoms with E-state index >= 15 is 0 Å². The summed E-state index contributed by atoms with van der Waals surface area (Å²) in [5, 5.41) is 13.3. The normalized spacial score (nSPS) is 11.0. The summed E-state index contributed by atoms with van der Waals surface area (Å²) in [6.45, 7) is 4.05. The van der Waals surface area contributed by atoms with Crippen LogP contribution >= 0.6 is 0 Å². The third kappa shape index (κ3) is 7.90. The minimum absolute atomic E-state index is 0.198. The van der Waals surface area contributed by atoms with Gasteiger partial charge in [0.1, 0.15) is 0 Å². The van der Waals surface area contributed by atoms with Crippen LogP contribution in [0, 0.1) is 0 Å². The molecule has 0 aromatic rings. The van der Waals surface area contributed by atoms with Crippen LogP contribution in [0.25, 0.3) is 0 Å². The van der Waals surface area contributed by atoms with Gasteiger partial charge in [-0.15, -0.1) is 0 Å². The summed E-state index contributed by atoms with van der Waals surface area (Å²) in [4.78, 5) is 0. The summed E-state index contributed by atoms with van der Waals surface area (Å²) < 4.78 is 0. The second kappa shape index (κ2) is 8.89. The molecule has 5 nitrogen and oxygen atoms in total. The van der Waals surface area contributed by atoms with Gasteiger partial charge in [0.25, 0.3) is 0 Å². The highest BCUT2D eigenvalue weighted by molar-refractivity contribution is 4.53. The van der Waals surface area contributed by atoms with Gasteiger partial charge in [-0.3, -0.25) is 5.84 Å². The Bertz CT molecular complexity index is 91.5. The lowest BCUT2D eigenvalue weighted by Gasteiger charge is -2.15. The van der Waals surface area contributed by atoms with Crippen LogP contribution in [0.15, 0.2) is 0 Å². The summed E-state index contributed by atoms with van der Waals surface area (Å²) in [6.07, 6.45) is 0.730. The second-order valence-electron chi connectivity index (χ2n) is 2.65. The van der Waals surface area contributed by atoms with Crippen LogP contribution in [-0.4, -0.2) is 49.4 Å². The van der Waals surface area contributed by atoms with Crippen molar-refractivity contribution in [2.75, 3.05) is 39.3 Å². The van der Waals surface area contributed by atoms with Crippen LogP contribution in [0.3, 0.4) is 0 Å². The molecule has 0 aliphatic heterocycles. The van der Waals surface area contributed by atoms with E-state index in [0.717, 1.165) is 32.6 Å². The number of nitrogens with zero attached hydrogens (tertiary/aromatic N) is 1. The summed E-state index contributed by atoms with van der Waals surface area (Å²) in [5.41, 5.74) is 5.29. The van der Waals surface area contributed by atoms with Gasteiger partial charge in [0.15, 0.2) is 0 Å². The first kappa shape index (κ1) is 11.8. The van der Waals surface area contributed by atoms with Crippen LogP contribution < -0.4 is 16.9 Å². The molecule has 0 spiro atoms. The van der Waals surface area contributed by atoms with Gasteiger partial charge in [-0.1, -0.05) is 0 Å². The molecule has 0 saturated carbocycles. The van der Waals surface area contributed by atoms with Crippen molar-refractivity contribution < 1.29 is 5.11 Å². The molecule has 0 aromatic carbocycles. The van der Waals surface area contributed by atoms with Gasteiger partial charge < -0.3 is 16.2 Å². The lowest BCUT2D eigenvalue weighted by molar-refractivity contribution is 0.227. The number of hydrogen-bond acceptors (Lipinski definition) is 5. The second-order valence-corrected chi connectivity index (χ2v) is 2.65. The van der Waals surface area contributed by atoms with Gasteiger partial charge in [0.2, 0.25) is 0 Å². The van der Waals surface area contributed by atoms with E-state index in [0.29, 0.717) is 6.54 Å². The molecule has 0 fully saturated rings. The quantitative estimate of drug-likeness (QED) is 0.197. The zero-order valence-electron chi connectivity index (χ0n) is 7.50. The van der Waals surface area contributed by atoms with Crippen molar-refractivity contribution in [2.24, 2.45) is 11.6 Å². The van der Waals surface area contributed by atoms with Gasteiger partial charge in [0.05, 0.1) is 0 Å². The minimum atomic E-state index is 0.198. The monoisotopic (exact) mass is 176 g/mol. The molecule has 74 valence electrons. The van der Waals surface area contributed by atoms with Crippen LogP contribution in [-0.2, 0) is 0 Å². The van der Waals surface area contributed by atoms with Crippen LogP contribution in [0.1, 0.15) is 6.42 Å². The van der Waals surface area contributed by atoms with E-state index in [2.05, 4.69) is 5.32 Å². The fourth-order valence-electron chi connectivity index (χ4n) is 0.835. The van der Waals surface area contributed by atoms with E-state index in [1.807, 2.05) is 0 Å². The molecule has 0 radical (unpaired) electrons. The van der Waals surface area contributed by atoms with Gasteiger partial charge in [-0.25, -0.2) is 5.01 Å². The van der Waals surface area contributed by atoms with Crippen molar-refractivity contribution in [3.63, 3.8) is 0 Å². The molecule has 0 rings (SSSR count). The first-order chi connectivity index (χ1) is 5.81. The lowest BCUT2D eigenvalue weighted by Crippen LogP contribution is -2.39. The number of aliphatic hydroxyl groups excluding tert-OH is 1. The molecule has 0 saturated heterocycles. The molecule has 0 atom stereocenters. The van der Waals surface area contributed by atoms with Crippen molar-refractivity contribution in [1.82, 2.24) is 10.3 Å². The number of rotatable bonds is 8. The summed E-state index contributed by atoms with van der Waals surface area (Å²) >= 11 is 0. The Hall–Kier alpha value is -0.200. The SMILES string of the molecule is NCCNCCN(N)CCCO. The predicted octanol–water partition coefficient (Wildman–Crippen LogP) is -1.91. The molecule has 0 bridgehead atoms. The van der Waals surface area contributed by atoms with E-state index in [1.54, 1.807) is 5.01 Å². The average molecular weight is 176 g/mol. The molecule has 0 unspecified atom stereocenters. The number of nitrogens with two attached hydrogens (primary N) is 2. The van der Waals surface area contributed by atoms with Gasteiger partial charge >= 0.3 is 0 Å². The first-order valence-electron chi connectivity index (χ1n) is 4.32. The molecule has 6 N–H and O–H groups in total. The Morgan fingerprint density at radius 2 is 2.00 bits per heavy atom. The summed E-state index contributed by atoms with van der Waals surface area (Å²) in [5.74, 6) is 5.59. The van der Waals surface area contributed by atoms with Crippen LogP contribution in [0.4, 0.5) is 0 Å². The number of nitrogens with one attached hydrogen (secondary N) is 1. The third-order valence-corrected chi connectivity index (χ3v) is 1.50. The summed E-state index contributed by atoms with van der Waals surface area (Å²) in [7, 11) is 0. The maximum atomic E-state index is 8.51. The number of hydrogen-bond donors (Lipinski definition) is 4. The molecule has 0 aromatic heterocycles. The average Bonchev–Trinajstić information content (AvgIpc) is 2.09. The maximum Gasteiger partial charge on any atom is 0.0443 e. The zero-order chi connectivity index (χ0) is 9.23. The number of aliphatic hydroxyl groups is 1. The molecule has 0 heterocycles. The maximum absolute atomic E-state index is 8.51. The molecule has 12 heavy (non-hydrogen) atoms. The molecular weight excluding hydrogens is 156 g/mol. The molecule has 5 heteroatoms. The molecule has 0 aliphatic rings. The highest BCUT2D eigenvalue weighted by Gasteiger charge is 1.96.